The third-order valence-electron chi connectivity index (χ3n) is 4.31. The predicted molar refractivity (Wildman–Crippen MR) is 124 cm³/mol. The second-order valence-corrected chi connectivity index (χ2v) is 5.95. The molecular formula is C21H25IN4O2. The van der Waals surface area contributed by atoms with Gasteiger partial charge in [-0.2, -0.15) is 0 Å². The minimum absolute atomic E-state index is 0. The summed E-state index contributed by atoms with van der Waals surface area (Å²) in [4.78, 5) is 8.78. The first kappa shape index (κ1) is 21.7. The first-order valence-electron chi connectivity index (χ1n) is 8.73. The van der Waals surface area contributed by atoms with Crippen LogP contribution in [0.2, 0.25) is 0 Å². The molecule has 0 radical (unpaired) electrons. The highest BCUT2D eigenvalue weighted by atomic mass is 127. The van der Waals surface area contributed by atoms with Gasteiger partial charge in [0.2, 0.25) is 0 Å². The number of guanidine groups is 1. The zero-order valence-corrected chi connectivity index (χ0v) is 18.6. The lowest BCUT2D eigenvalue weighted by Crippen LogP contribution is -2.36. The van der Waals surface area contributed by atoms with Gasteiger partial charge >= 0.3 is 0 Å². The van der Waals surface area contributed by atoms with Crippen molar-refractivity contribution < 1.29 is 9.47 Å². The van der Waals surface area contributed by atoms with Gasteiger partial charge in [0.25, 0.3) is 0 Å². The largest absolute Gasteiger partial charge is 0.493 e. The number of fused-ring (bicyclic) bond motifs is 1. The molecule has 0 bridgehead atoms. The predicted octanol–water partition coefficient (Wildman–Crippen LogP) is 3.74. The molecule has 0 saturated heterocycles. The number of hydrogen-bond donors (Lipinski definition) is 2. The maximum atomic E-state index is 5.35. The molecule has 2 N–H and O–H groups in total. The highest BCUT2D eigenvalue weighted by Gasteiger charge is 2.06. The summed E-state index contributed by atoms with van der Waals surface area (Å²) in [5.74, 6) is 2.13. The van der Waals surface area contributed by atoms with Crippen molar-refractivity contribution in [3.05, 3.63) is 66.0 Å². The van der Waals surface area contributed by atoms with E-state index >= 15 is 0 Å². The molecule has 0 spiro atoms. The van der Waals surface area contributed by atoms with Crippen LogP contribution in [0.4, 0.5) is 0 Å². The highest BCUT2D eigenvalue weighted by molar-refractivity contribution is 14.0. The molecule has 0 aliphatic carbocycles. The maximum Gasteiger partial charge on any atom is 0.191 e. The van der Waals surface area contributed by atoms with Crippen LogP contribution in [0.5, 0.6) is 11.5 Å². The van der Waals surface area contributed by atoms with Gasteiger partial charge in [-0.25, -0.2) is 0 Å². The minimum atomic E-state index is 0. The Hall–Kier alpha value is -2.55. The van der Waals surface area contributed by atoms with Crippen LogP contribution < -0.4 is 20.1 Å². The quantitative estimate of drug-likeness (QED) is 0.312. The van der Waals surface area contributed by atoms with Crippen LogP contribution >= 0.6 is 24.0 Å². The van der Waals surface area contributed by atoms with Crippen LogP contribution in [-0.4, -0.2) is 32.2 Å². The number of nitrogens with zero attached hydrogens (tertiary/aromatic N) is 2. The summed E-state index contributed by atoms with van der Waals surface area (Å²) < 4.78 is 10.6. The number of aliphatic imine (C=N–C) groups is 1. The second-order valence-electron chi connectivity index (χ2n) is 5.95. The molecule has 0 saturated carbocycles. The standard InChI is InChI=1S/C21H24N4O2.HI/c1-22-21(24-13-15-8-9-19(26-2)20(12-15)27-3)25-14-18-17-7-5-4-6-16(17)10-11-23-18;/h4-12H,13-14H2,1-3H3,(H2,22,24,25);1H. The molecule has 3 aromatic rings. The summed E-state index contributed by atoms with van der Waals surface area (Å²) in [7, 11) is 5.01. The van der Waals surface area contributed by atoms with Crippen molar-refractivity contribution >= 4 is 40.7 Å². The SMILES string of the molecule is CN=C(NCc1ccc(OC)c(OC)c1)NCc1nccc2ccccc12.I. The number of nitrogens with one attached hydrogen (secondary N) is 2. The zero-order valence-electron chi connectivity index (χ0n) is 16.2. The lowest BCUT2D eigenvalue weighted by Gasteiger charge is -2.14. The Bertz CT molecular complexity index is 941. The van der Waals surface area contributed by atoms with Gasteiger partial charge in [-0.05, 0) is 29.1 Å². The second kappa shape index (κ2) is 10.7. The summed E-state index contributed by atoms with van der Waals surface area (Å²) in [6, 6.07) is 16.1. The Kier molecular flexibility index (Phi) is 8.31. The normalized spacial score (nSPS) is 10.9. The van der Waals surface area contributed by atoms with Crippen molar-refractivity contribution in [2.75, 3.05) is 21.3 Å². The Morgan fingerprint density at radius 1 is 0.964 bits per heavy atom. The van der Waals surface area contributed by atoms with E-state index in [9.17, 15) is 0 Å². The fraction of sp³-hybridized carbons (Fsp3) is 0.238. The molecule has 0 aliphatic rings. The summed E-state index contributed by atoms with van der Waals surface area (Å²) in [6.45, 7) is 1.20. The van der Waals surface area contributed by atoms with Crippen LogP contribution in [0.15, 0.2) is 59.7 Å². The van der Waals surface area contributed by atoms with Gasteiger partial charge < -0.3 is 20.1 Å². The average Bonchev–Trinajstić information content (AvgIpc) is 2.73. The van der Waals surface area contributed by atoms with Crippen molar-refractivity contribution in [3.63, 3.8) is 0 Å². The van der Waals surface area contributed by atoms with E-state index < -0.39 is 0 Å². The number of benzene rings is 2. The summed E-state index contributed by atoms with van der Waals surface area (Å²) in [5.41, 5.74) is 2.06. The Labute approximate surface area is 182 Å². The van der Waals surface area contributed by atoms with E-state index in [4.69, 9.17) is 9.47 Å². The van der Waals surface area contributed by atoms with Crippen molar-refractivity contribution in [2.24, 2.45) is 4.99 Å². The average molecular weight is 492 g/mol. The topological polar surface area (TPSA) is 67.8 Å². The molecule has 0 atom stereocenters. The molecular weight excluding hydrogens is 467 g/mol. The Morgan fingerprint density at radius 2 is 1.71 bits per heavy atom. The first-order chi connectivity index (χ1) is 13.2. The van der Waals surface area contributed by atoms with Crippen LogP contribution in [-0.2, 0) is 13.1 Å². The van der Waals surface area contributed by atoms with E-state index in [1.165, 1.54) is 5.39 Å². The van der Waals surface area contributed by atoms with Gasteiger partial charge in [0, 0.05) is 25.2 Å². The molecule has 3 rings (SSSR count). The van der Waals surface area contributed by atoms with Crippen LogP contribution in [0.3, 0.4) is 0 Å². The highest BCUT2D eigenvalue weighted by Crippen LogP contribution is 2.27. The lowest BCUT2D eigenvalue weighted by atomic mass is 10.1. The Balaban J connectivity index is 0.00000280. The molecule has 28 heavy (non-hydrogen) atoms. The van der Waals surface area contributed by atoms with Crippen LogP contribution in [0.1, 0.15) is 11.3 Å². The molecule has 0 aliphatic heterocycles. The van der Waals surface area contributed by atoms with Crippen molar-refractivity contribution in [1.29, 1.82) is 0 Å². The minimum Gasteiger partial charge on any atom is -0.493 e. The van der Waals surface area contributed by atoms with E-state index in [1.54, 1.807) is 21.3 Å². The van der Waals surface area contributed by atoms with Gasteiger partial charge in [0.05, 0.1) is 26.5 Å². The van der Waals surface area contributed by atoms with Gasteiger partial charge in [0.1, 0.15) is 0 Å². The van der Waals surface area contributed by atoms with Gasteiger partial charge in [-0.15, -0.1) is 24.0 Å². The Morgan fingerprint density at radius 3 is 2.46 bits per heavy atom. The monoisotopic (exact) mass is 492 g/mol. The lowest BCUT2D eigenvalue weighted by molar-refractivity contribution is 0.354. The zero-order chi connectivity index (χ0) is 19.1. The number of ether oxygens (including phenoxy) is 2. The van der Waals surface area contributed by atoms with E-state index in [2.05, 4.69) is 32.7 Å². The van der Waals surface area contributed by atoms with E-state index in [0.717, 1.165) is 16.6 Å². The molecule has 2 aromatic carbocycles. The molecule has 1 aromatic heterocycles. The fourth-order valence-electron chi connectivity index (χ4n) is 2.89. The van der Waals surface area contributed by atoms with Gasteiger partial charge in [-0.3, -0.25) is 9.98 Å². The summed E-state index contributed by atoms with van der Waals surface area (Å²) >= 11 is 0. The molecule has 7 heteroatoms. The molecule has 148 valence electrons. The van der Waals surface area contributed by atoms with Gasteiger partial charge in [-0.1, -0.05) is 30.3 Å². The molecule has 0 fully saturated rings. The van der Waals surface area contributed by atoms with E-state index in [-0.39, 0.29) is 24.0 Å². The van der Waals surface area contributed by atoms with Crippen molar-refractivity contribution in [2.45, 2.75) is 13.1 Å². The molecule has 1 heterocycles. The summed E-state index contributed by atoms with van der Waals surface area (Å²) in [6.07, 6.45) is 1.83. The molecule has 0 amide bonds. The molecule has 6 nitrogen and oxygen atoms in total. The number of aromatic nitrogens is 1. The van der Waals surface area contributed by atoms with Crippen molar-refractivity contribution in [1.82, 2.24) is 15.6 Å². The van der Waals surface area contributed by atoms with Crippen LogP contribution in [0, 0.1) is 0 Å². The number of methoxy groups -OCH3 is 2. The number of halogens is 1. The van der Waals surface area contributed by atoms with Crippen LogP contribution in [0.25, 0.3) is 10.8 Å². The molecule has 0 unspecified atom stereocenters. The maximum absolute atomic E-state index is 5.35. The van der Waals surface area contributed by atoms with E-state index in [0.29, 0.717) is 30.5 Å². The number of pyridine rings is 1. The third-order valence-corrected chi connectivity index (χ3v) is 4.31. The summed E-state index contributed by atoms with van der Waals surface area (Å²) in [5, 5.41) is 8.95. The number of hydrogen-bond acceptors (Lipinski definition) is 4. The van der Waals surface area contributed by atoms with Gasteiger partial charge in [0.15, 0.2) is 17.5 Å². The van der Waals surface area contributed by atoms with E-state index in [1.807, 2.05) is 42.6 Å². The smallest absolute Gasteiger partial charge is 0.191 e. The fourth-order valence-corrected chi connectivity index (χ4v) is 2.89. The van der Waals surface area contributed by atoms with Crippen molar-refractivity contribution in [3.8, 4) is 11.5 Å². The third kappa shape index (κ3) is 5.25. The number of rotatable bonds is 6. The first-order valence-corrected chi connectivity index (χ1v) is 8.73.